The smallest absolute Gasteiger partial charge is 0.264 e. The summed E-state index contributed by atoms with van der Waals surface area (Å²) >= 11 is 6.38. The number of carbonyl (C=O) groups is 2. The number of benzene rings is 3. The molecule has 0 heterocycles. The lowest BCUT2D eigenvalue weighted by Crippen LogP contribution is -2.52. The third-order valence-electron chi connectivity index (χ3n) is 6.29. The van der Waals surface area contributed by atoms with Crippen molar-refractivity contribution in [2.75, 3.05) is 10.8 Å². The van der Waals surface area contributed by atoms with Gasteiger partial charge in [-0.25, -0.2) is 8.42 Å². The van der Waals surface area contributed by atoms with E-state index in [4.69, 9.17) is 11.6 Å². The molecule has 3 aromatic rings. The molecule has 0 aliphatic carbocycles. The lowest BCUT2D eigenvalue weighted by atomic mass is 10.1. The molecule has 0 radical (unpaired) electrons. The van der Waals surface area contributed by atoms with E-state index in [9.17, 15) is 18.0 Å². The summed E-state index contributed by atoms with van der Waals surface area (Å²) < 4.78 is 28.7. The van der Waals surface area contributed by atoms with Crippen molar-refractivity contribution in [3.05, 3.63) is 94.5 Å². The van der Waals surface area contributed by atoms with Crippen molar-refractivity contribution in [1.82, 2.24) is 10.2 Å². The molecule has 1 atom stereocenters. The minimum atomic E-state index is -4.10. The Kier molecular flexibility index (Phi) is 9.57. The molecule has 1 unspecified atom stereocenters. The van der Waals surface area contributed by atoms with Crippen LogP contribution in [0.15, 0.2) is 77.7 Å². The minimum Gasteiger partial charge on any atom is -0.352 e. The fourth-order valence-electron chi connectivity index (χ4n) is 3.93. The van der Waals surface area contributed by atoms with Gasteiger partial charge in [0.2, 0.25) is 11.8 Å². The maximum absolute atomic E-state index is 13.9. The van der Waals surface area contributed by atoms with Crippen LogP contribution in [-0.2, 0) is 26.2 Å². The van der Waals surface area contributed by atoms with Gasteiger partial charge < -0.3 is 10.2 Å². The van der Waals surface area contributed by atoms with Crippen LogP contribution in [-0.4, -0.2) is 43.8 Å². The molecule has 0 fully saturated rings. The first-order valence-electron chi connectivity index (χ1n) is 12.4. The molecule has 3 rings (SSSR count). The highest BCUT2D eigenvalue weighted by Gasteiger charge is 2.33. The Hall–Kier alpha value is -3.36. The van der Waals surface area contributed by atoms with Crippen LogP contribution < -0.4 is 9.62 Å². The second kappa shape index (κ2) is 12.5. The average Bonchev–Trinajstić information content (AvgIpc) is 2.88. The van der Waals surface area contributed by atoms with Crippen molar-refractivity contribution in [3.8, 4) is 0 Å². The van der Waals surface area contributed by atoms with Crippen LogP contribution in [0.4, 0.5) is 5.69 Å². The second-order valence-corrected chi connectivity index (χ2v) is 11.8. The van der Waals surface area contributed by atoms with E-state index in [-0.39, 0.29) is 23.4 Å². The number of sulfonamides is 1. The Morgan fingerprint density at radius 2 is 1.53 bits per heavy atom. The lowest BCUT2D eigenvalue weighted by Gasteiger charge is -2.32. The molecule has 202 valence electrons. The van der Waals surface area contributed by atoms with Gasteiger partial charge in [-0.1, -0.05) is 54.1 Å². The summed E-state index contributed by atoms with van der Waals surface area (Å²) in [5.41, 5.74) is 2.90. The molecule has 38 heavy (non-hydrogen) atoms. The second-order valence-electron chi connectivity index (χ2n) is 9.55. The highest BCUT2D eigenvalue weighted by atomic mass is 35.5. The quantitative estimate of drug-likeness (QED) is 0.377. The number of nitrogens with zero attached hydrogens (tertiary/aromatic N) is 2. The van der Waals surface area contributed by atoms with Crippen LogP contribution in [0.1, 0.15) is 37.5 Å². The van der Waals surface area contributed by atoms with Gasteiger partial charge in [-0.05, 0) is 81.6 Å². The van der Waals surface area contributed by atoms with Crippen LogP contribution in [0.5, 0.6) is 0 Å². The van der Waals surface area contributed by atoms with Gasteiger partial charge in [-0.2, -0.15) is 0 Å². The molecule has 0 saturated heterocycles. The Morgan fingerprint density at radius 3 is 2.13 bits per heavy atom. The summed E-state index contributed by atoms with van der Waals surface area (Å²) in [4.78, 5) is 28.3. The highest BCUT2D eigenvalue weighted by Crippen LogP contribution is 2.27. The Balaban J connectivity index is 2.06. The fourth-order valence-corrected chi connectivity index (χ4v) is 5.55. The molecule has 0 bridgehead atoms. The van der Waals surface area contributed by atoms with Gasteiger partial charge in [0.25, 0.3) is 10.0 Å². The first kappa shape index (κ1) is 29.2. The third-order valence-corrected chi connectivity index (χ3v) is 8.44. The summed E-state index contributed by atoms with van der Waals surface area (Å²) in [6, 6.07) is 19.3. The number of carbonyl (C=O) groups excluding carboxylic acids is 2. The number of hydrogen-bond donors (Lipinski definition) is 1. The number of rotatable bonds is 10. The first-order valence-corrected chi connectivity index (χ1v) is 14.2. The standard InChI is InChI=1S/C29H34ClN3O4S/c1-20(2)31-29(35)23(5)32(18-24-11-9-10-14-27(24)30)28(34)19-33(25-16-15-21(3)22(4)17-25)38(36,37)26-12-7-6-8-13-26/h6-17,20,23H,18-19H2,1-5H3,(H,31,35). The van der Waals surface area contributed by atoms with Gasteiger partial charge in [0.1, 0.15) is 12.6 Å². The zero-order valence-electron chi connectivity index (χ0n) is 22.3. The molecule has 0 saturated carbocycles. The topological polar surface area (TPSA) is 86.8 Å². The van der Waals surface area contributed by atoms with Gasteiger partial charge in [0.15, 0.2) is 0 Å². The number of nitrogens with one attached hydrogen (secondary N) is 1. The van der Waals surface area contributed by atoms with Crippen molar-refractivity contribution in [1.29, 1.82) is 0 Å². The zero-order chi connectivity index (χ0) is 28.0. The maximum atomic E-state index is 13.9. The summed E-state index contributed by atoms with van der Waals surface area (Å²) in [7, 11) is -4.10. The Bertz CT molecular complexity index is 1390. The van der Waals surface area contributed by atoms with Gasteiger partial charge in [-0.15, -0.1) is 0 Å². The number of halogens is 1. The summed E-state index contributed by atoms with van der Waals surface area (Å²) in [6.07, 6.45) is 0. The first-order chi connectivity index (χ1) is 17.9. The molecule has 1 N–H and O–H groups in total. The van der Waals surface area contributed by atoms with Crippen molar-refractivity contribution in [2.24, 2.45) is 0 Å². The van der Waals surface area contributed by atoms with Crippen molar-refractivity contribution >= 4 is 39.1 Å². The van der Waals surface area contributed by atoms with Crippen LogP contribution in [0, 0.1) is 13.8 Å². The van der Waals surface area contributed by atoms with Gasteiger partial charge >= 0.3 is 0 Å². The van der Waals surface area contributed by atoms with Gasteiger partial charge in [0, 0.05) is 17.6 Å². The molecule has 9 heteroatoms. The van der Waals surface area contributed by atoms with E-state index in [1.807, 2.05) is 33.8 Å². The number of amides is 2. The molecule has 2 amide bonds. The van der Waals surface area contributed by atoms with E-state index < -0.39 is 28.5 Å². The number of aryl methyl sites for hydroxylation is 2. The van der Waals surface area contributed by atoms with Crippen LogP contribution in [0.2, 0.25) is 5.02 Å². The fraction of sp³-hybridized carbons (Fsp3) is 0.310. The predicted molar refractivity (Wildman–Crippen MR) is 152 cm³/mol. The average molecular weight is 556 g/mol. The van der Waals surface area contributed by atoms with E-state index >= 15 is 0 Å². The van der Waals surface area contributed by atoms with E-state index in [0.717, 1.165) is 15.4 Å². The van der Waals surface area contributed by atoms with Gasteiger partial charge in [-0.3, -0.25) is 13.9 Å². The van der Waals surface area contributed by atoms with E-state index in [1.54, 1.807) is 61.5 Å². The lowest BCUT2D eigenvalue weighted by molar-refractivity contribution is -0.139. The van der Waals surface area contributed by atoms with Crippen LogP contribution in [0.25, 0.3) is 0 Å². The highest BCUT2D eigenvalue weighted by molar-refractivity contribution is 7.92. The van der Waals surface area contributed by atoms with Crippen molar-refractivity contribution in [2.45, 2.75) is 58.1 Å². The number of hydrogen-bond acceptors (Lipinski definition) is 4. The van der Waals surface area contributed by atoms with Crippen LogP contribution in [0.3, 0.4) is 0 Å². The maximum Gasteiger partial charge on any atom is 0.264 e. The Labute approximate surface area is 230 Å². The van der Waals surface area contributed by atoms with Gasteiger partial charge in [0.05, 0.1) is 10.6 Å². The zero-order valence-corrected chi connectivity index (χ0v) is 23.9. The predicted octanol–water partition coefficient (Wildman–Crippen LogP) is 5.09. The third kappa shape index (κ3) is 6.94. The largest absolute Gasteiger partial charge is 0.352 e. The molecule has 0 aromatic heterocycles. The van der Waals surface area contributed by atoms with E-state index in [0.29, 0.717) is 16.3 Å². The SMILES string of the molecule is Cc1ccc(N(CC(=O)N(Cc2ccccc2Cl)C(C)C(=O)NC(C)C)S(=O)(=O)c2ccccc2)cc1C. The molecular formula is C29H34ClN3O4S. The Morgan fingerprint density at radius 1 is 0.895 bits per heavy atom. The summed E-state index contributed by atoms with van der Waals surface area (Å²) in [5.74, 6) is -0.877. The number of anilines is 1. The van der Waals surface area contributed by atoms with Crippen LogP contribution >= 0.6 is 11.6 Å². The molecular weight excluding hydrogens is 522 g/mol. The van der Waals surface area contributed by atoms with E-state index in [2.05, 4.69) is 5.32 Å². The molecule has 0 aliphatic heterocycles. The molecule has 0 spiro atoms. The molecule has 0 aliphatic rings. The minimum absolute atomic E-state index is 0.0390. The van der Waals surface area contributed by atoms with Crippen molar-refractivity contribution in [3.63, 3.8) is 0 Å². The molecule has 7 nitrogen and oxygen atoms in total. The monoisotopic (exact) mass is 555 g/mol. The van der Waals surface area contributed by atoms with E-state index in [1.165, 1.54) is 17.0 Å². The normalized spacial score (nSPS) is 12.2. The van der Waals surface area contributed by atoms with Crippen molar-refractivity contribution < 1.29 is 18.0 Å². The molecule has 3 aromatic carbocycles. The summed E-state index contributed by atoms with van der Waals surface area (Å²) in [5, 5.41) is 3.28. The summed E-state index contributed by atoms with van der Waals surface area (Å²) in [6.45, 7) is 8.65.